The second-order valence-corrected chi connectivity index (χ2v) is 11.1. The van der Waals surface area contributed by atoms with Gasteiger partial charge in [-0.15, -0.1) is 0 Å². The number of carbonyl (C=O) groups is 4. The van der Waals surface area contributed by atoms with Gasteiger partial charge in [0, 0.05) is 15.2 Å². The van der Waals surface area contributed by atoms with E-state index in [-0.39, 0.29) is 37.9 Å². The maximum atomic E-state index is 13.6. The van der Waals surface area contributed by atoms with E-state index in [0.717, 1.165) is 16.4 Å². The first-order valence-electron chi connectivity index (χ1n) is 10.6. The van der Waals surface area contributed by atoms with Crippen LogP contribution >= 0.6 is 43.5 Å². The number of amides is 3. The quantitative estimate of drug-likeness (QED) is 0.293. The van der Waals surface area contributed by atoms with Crippen molar-refractivity contribution in [2.24, 2.45) is 23.7 Å². The van der Waals surface area contributed by atoms with Crippen molar-refractivity contribution < 1.29 is 19.2 Å². The average Bonchev–Trinajstić information content (AvgIpc) is 3.43. The molecule has 1 heterocycles. The number of benzene rings is 2. The zero-order valence-electron chi connectivity index (χ0n) is 17.2. The van der Waals surface area contributed by atoms with E-state index in [1.807, 2.05) is 0 Å². The van der Waals surface area contributed by atoms with Crippen molar-refractivity contribution in [2.45, 2.75) is 16.1 Å². The van der Waals surface area contributed by atoms with E-state index in [1.165, 1.54) is 6.07 Å². The first-order chi connectivity index (χ1) is 15.8. The maximum Gasteiger partial charge on any atom is 0.274 e. The molecule has 0 radical (unpaired) electrons. The molecule has 3 aliphatic rings. The van der Waals surface area contributed by atoms with Crippen molar-refractivity contribution in [1.82, 2.24) is 10.0 Å². The Balaban J connectivity index is 1.53. The van der Waals surface area contributed by atoms with Crippen LogP contribution in [-0.4, -0.2) is 49.7 Å². The highest BCUT2D eigenvalue weighted by Crippen LogP contribution is 2.60. The van der Waals surface area contributed by atoms with E-state index in [9.17, 15) is 19.2 Å². The predicted molar refractivity (Wildman–Crippen MR) is 129 cm³/mol. The molecule has 3 amide bonds. The lowest BCUT2D eigenvalue weighted by Crippen LogP contribution is -2.52. The van der Waals surface area contributed by atoms with Gasteiger partial charge in [0.1, 0.15) is 6.54 Å². The average molecular weight is 595 g/mol. The molecular weight excluding hydrogens is 576 g/mol. The van der Waals surface area contributed by atoms with Gasteiger partial charge >= 0.3 is 0 Å². The number of hydrazine groups is 1. The minimum Gasteiger partial charge on any atom is -0.292 e. The fourth-order valence-electron chi connectivity index (χ4n) is 5.43. The molecule has 1 aliphatic heterocycles. The molecule has 6 atom stereocenters. The maximum absolute atomic E-state index is 13.6. The molecule has 2 aromatic carbocycles. The zero-order valence-corrected chi connectivity index (χ0v) is 21.2. The van der Waals surface area contributed by atoms with Gasteiger partial charge in [0.25, 0.3) is 17.7 Å². The fraction of sp³-hybridized carbons (Fsp3) is 0.333. The lowest BCUT2D eigenvalue weighted by Gasteiger charge is -2.31. The molecular formula is C24H19Br2ClN2O4. The molecule has 2 bridgehead atoms. The molecule has 0 spiro atoms. The molecule has 0 unspecified atom stereocenters. The van der Waals surface area contributed by atoms with Crippen molar-refractivity contribution in [3.8, 4) is 0 Å². The van der Waals surface area contributed by atoms with E-state index < -0.39 is 36.1 Å². The smallest absolute Gasteiger partial charge is 0.274 e. The van der Waals surface area contributed by atoms with Crippen LogP contribution in [0.1, 0.15) is 27.1 Å². The Morgan fingerprint density at radius 2 is 1.45 bits per heavy atom. The Morgan fingerprint density at radius 1 is 0.909 bits per heavy atom. The van der Waals surface area contributed by atoms with Crippen molar-refractivity contribution in [1.29, 1.82) is 0 Å². The Hall–Kier alpha value is -2.03. The molecule has 2 saturated carbocycles. The summed E-state index contributed by atoms with van der Waals surface area (Å²) < 4.78 is 0. The number of hydrogen-bond donors (Lipinski definition) is 0. The number of fused-ring (bicyclic) bond motifs is 5. The lowest BCUT2D eigenvalue weighted by molar-refractivity contribution is -0.154. The highest BCUT2D eigenvalue weighted by molar-refractivity contribution is 9.12. The minimum absolute atomic E-state index is 0.00656. The Labute approximate surface area is 212 Å². The first kappa shape index (κ1) is 22.7. The minimum atomic E-state index is -0.662. The summed E-state index contributed by atoms with van der Waals surface area (Å²) in [4.78, 5) is 53.8. The molecule has 5 rings (SSSR count). The Bertz CT molecular complexity index is 1130. The monoisotopic (exact) mass is 592 g/mol. The topological polar surface area (TPSA) is 74.8 Å². The van der Waals surface area contributed by atoms with Gasteiger partial charge in [-0.25, -0.2) is 5.01 Å². The zero-order chi connectivity index (χ0) is 23.4. The number of rotatable bonds is 5. The van der Waals surface area contributed by atoms with Crippen LogP contribution < -0.4 is 0 Å². The molecule has 33 heavy (non-hydrogen) atoms. The summed E-state index contributed by atoms with van der Waals surface area (Å²) in [5.41, 5.74) is 0.507. The van der Waals surface area contributed by atoms with E-state index in [2.05, 4.69) is 31.9 Å². The van der Waals surface area contributed by atoms with Crippen LogP contribution in [0.5, 0.6) is 0 Å². The van der Waals surface area contributed by atoms with E-state index in [1.54, 1.807) is 48.5 Å². The van der Waals surface area contributed by atoms with Crippen molar-refractivity contribution >= 4 is 67.0 Å². The van der Waals surface area contributed by atoms with Gasteiger partial charge in [-0.2, -0.15) is 5.01 Å². The van der Waals surface area contributed by atoms with Gasteiger partial charge in [0.15, 0.2) is 5.78 Å². The Kier molecular flexibility index (Phi) is 5.95. The van der Waals surface area contributed by atoms with E-state index >= 15 is 0 Å². The van der Waals surface area contributed by atoms with Crippen LogP contribution in [0.3, 0.4) is 0 Å². The number of Topliss-reactive ketones (excluding diaryl/α,β-unsaturated/α-hetero) is 1. The van der Waals surface area contributed by atoms with Gasteiger partial charge in [-0.3, -0.25) is 19.2 Å². The third-order valence-electron chi connectivity index (χ3n) is 6.93. The molecule has 0 N–H and O–H groups in total. The molecule has 2 aromatic rings. The normalized spacial score (nSPS) is 30.0. The summed E-state index contributed by atoms with van der Waals surface area (Å²) in [6.07, 6.45) is 0.772. The molecule has 3 fully saturated rings. The largest absolute Gasteiger partial charge is 0.292 e. The SMILES string of the molecule is O=C(CN(C(=O)c1ccccc1Cl)N1C(=O)[C@@H]2[C@H]3C[C@@H]([C@H](Br)[C@@H]3Br)[C@@H]2C1=O)c1ccccc1. The first-order valence-corrected chi connectivity index (χ1v) is 12.8. The number of ketones is 1. The van der Waals surface area contributed by atoms with Crippen LogP contribution in [0.25, 0.3) is 0 Å². The van der Waals surface area contributed by atoms with Crippen LogP contribution in [0.15, 0.2) is 54.6 Å². The number of alkyl halides is 2. The number of hydrogen-bond acceptors (Lipinski definition) is 4. The highest BCUT2D eigenvalue weighted by Gasteiger charge is 2.67. The summed E-state index contributed by atoms with van der Waals surface area (Å²) in [7, 11) is 0. The molecule has 1 saturated heterocycles. The molecule has 9 heteroatoms. The standard InChI is InChI=1S/C24H19Br2ClN2O4/c25-20-14-10-15(21(20)26)19-18(14)23(32)29(24(19)33)28(11-17(30)12-6-2-1-3-7-12)22(31)13-8-4-5-9-16(13)27/h1-9,14-15,18-21H,10-11H2/t14-,15-,18-,19+,20-,21+/m1/s1. The van der Waals surface area contributed by atoms with Crippen molar-refractivity contribution in [2.75, 3.05) is 6.54 Å². The summed E-state index contributed by atoms with van der Waals surface area (Å²) in [6, 6.07) is 14.9. The molecule has 2 aliphatic carbocycles. The third-order valence-corrected chi connectivity index (χ3v) is 10.5. The highest BCUT2D eigenvalue weighted by atomic mass is 79.9. The number of imide groups is 1. The molecule has 6 nitrogen and oxygen atoms in total. The molecule has 0 aromatic heterocycles. The summed E-state index contributed by atoms with van der Waals surface area (Å²) >= 11 is 13.6. The van der Waals surface area contributed by atoms with Gasteiger partial charge in [-0.05, 0) is 30.4 Å². The second kappa shape index (κ2) is 8.64. The van der Waals surface area contributed by atoms with Crippen molar-refractivity contribution in [3.05, 3.63) is 70.7 Å². The fourth-order valence-corrected chi connectivity index (χ4v) is 7.52. The van der Waals surface area contributed by atoms with Crippen LogP contribution in [0.2, 0.25) is 5.02 Å². The Morgan fingerprint density at radius 3 is 2.03 bits per heavy atom. The third kappa shape index (κ3) is 3.58. The van der Waals surface area contributed by atoms with Crippen LogP contribution in [0, 0.1) is 23.7 Å². The summed E-state index contributed by atoms with van der Waals surface area (Å²) in [5, 5.41) is 2.07. The van der Waals surface area contributed by atoms with Crippen LogP contribution in [-0.2, 0) is 9.59 Å². The number of halogens is 3. The van der Waals surface area contributed by atoms with E-state index in [4.69, 9.17) is 11.6 Å². The van der Waals surface area contributed by atoms with Gasteiger partial charge in [0.05, 0.1) is 22.4 Å². The lowest BCUT2D eigenvalue weighted by atomic mass is 9.81. The van der Waals surface area contributed by atoms with Gasteiger partial charge < -0.3 is 0 Å². The second-order valence-electron chi connectivity index (χ2n) is 8.62. The van der Waals surface area contributed by atoms with Gasteiger partial charge in [-0.1, -0.05) is 85.9 Å². The summed E-state index contributed by atoms with van der Waals surface area (Å²) in [5.74, 6) is -2.92. The molecule has 170 valence electrons. The van der Waals surface area contributed by atoms with Crippen molar-refractivity contribution in [3.63, 3.8) is 0 Å². The summed E-state index contributed by atoms with van der Waals surface area (Å²) in [6.45, 7) is -0.449. The van der Waals surface area contributed by atoms with E-state index in [0.29, 0.717) is 5.56 Å². The predicted octanol–water partition coefficient (Wildman–Crippen LogP) is 4.36. The van der Waals surface area contributed by atoms with Gasteiger partial charge in [0.2, 0.25) is 0 Å². The van der Waals surface area contributed by atoms with Crippen LogP contribution in [0.4, 0.5) is 0 Å². The number of carbonyl (C=O) groups excluding carboxylic acids is 4. The number of nitrogens with zero attached hydrogens (tertiary/aromatic N) is 2.